The van der Waals surface area contributed by atoms with Crippen molar-refractivity contribution in [1.29, 1.82) is 0 Å². The van der Waals surface area contributed by atoms with Crippen LogP contribution < -0.4 is 0 Å². The van der Waals surface area contributed by atoms with Gasteiger partial charge in [0.1, 0.15) is 0 Å². The first-order valence-corrected chi connectivity index (χ1v) is 12.5. The summed E-state index contributed by atoms with van der Waals surface area (Å²) in [5.41, 5.74) is 6.38. The Kier molecular flexibility index (Phi) is 6.65. The van der Waals surface area contributed by atoms with Gasteiger partial charge in [0.15, 0.2) is 0 Å². The smallest absolute Gasteiger partial charge is 0.303 e. The average molecular weight is 542 g/mol. The molecule has 1 atom stereocenters. The molecular weight excluding hydrogens is 518 g/mol. The third-order valence-electron chi connectivity index (χ3n) is 6.38. The van der Waals surface area contributed by atoms with Crippen LogP contribution in [0, 0.1) is 6.92 Å². The number of nitrogens with zero attached hydrogens (tertiary/aromatic N) is 3. The Morgan fingerprint density at radius 1 is 0.972 bits per heavy atom. The van der Waals surface area contributed by atoms with E-state index in [1.807, 2.05) is 67.6 Å². The van der Waals surface area contributed by atoms with Gasteiger partial charge in [-0.1, -0.05) is 76.6 Å². The number of aryl methyl sites for hydroxylation is 1. The van der Waals surface area contributed by atoms with Crippen LogP contribution in [0.3, 0.4) is 0 Å². The number of hydrogen-bond donors (Lipinski definition) is 1. The Morgan fingerprint density at radius 2 is 1.67 bits per heavy atom. The molecule has 0 radical (unpaired) electrons. The number of pyridine rings is 1. The highest BCUT2D eigenvalue weighted by Gasteiger charge is 2.35. The van der Waals surface area contributed by atoms with Crippen LogP contribution in [0.5, 0.6) is 0 Å². The van der Waals surface area contributed by atoms with E-state index < -0.39 is 5.97 Å². The minimum absolute atomic E-state index is 0.108. The van der Waals surface area contributed by atoms with Gasteiger partial charge < -0.3 is 5.11 Å². The van der Waals surface area contributed by atoms with Gasteiger partial charge in [0.05, 0.1) is 23.7 Å². The number of fused-ring (bicyclic) bond motifs is 1. The standard InChI is InChI=1S/C29H24BrN3O3/c1-18-28(29(20-10-6-3-7-11-20)22-16-21(30)12-13-23(22)31-18)24-17-25(19-8-4-2-5-9-19)33(32-24)26(34)14-15-27(35)36/h2-13,16,25H,14-15,17H2,1H3,(H,35,36). The van der Waals surface area contributed by atoms with E-state index >= 15 is 0 Å². The van der Waals surface area contributed by atoms with Crippen molar-refractivity contribution < 1.29 is 14.7 Å². The molecule has 1 aliphatic rings. The Labute approximate surface area is 217 Å². The van der Waals surface area contributed by atoms with Crippen molar-refractivity contribution >= 4 is 44.4 Å². The number of hydrazone groups is 1. The molecule has 0 spiro atoms. The second-order valence-electron chi connectivity index (χ2n) is 8.78. The van der Waals surface area contributed by atoms with Crippen molar-refractivity contribution in [2.45, 2.75) is 32.2 Å². The number of aromatic nitrogens is 1. The zero-order valence-corrected chi connectivity index (χ0v) is 21.3. The molecule has 1 aliphatic heterocycles. The Hall–Kier alpha value is -3.84. The molecule has 4 aromatic rings. The second-order valence-corrected chi connectivity index (χ2v) is 9.70. The summed E-state index contributed by atoms with van der Waals surface area (Å²) in [7, 11) is 0. The largest absolute Gasteiger partial charge is 0.481 e. The molecule has 0 aliphatic carbocycles. The van der Waals surface area contributed by atoms with Crippen molar-refractivity contribution in [2.24, 2.45) is 5.10 Å². The molecule has 0 saturated heterocycles. The number of carbonyl (C=O) groups excluding carboxylic acids is 1. The van der Waals surface area contributed by atoms with Crippen LogP contribution in [0.1, 0.15) is 42.1 Å². The highest BCUT2D eigenvalue weighted by Crippen LogP contribution is 2.40. The monoisotopic (exact) mass is 541 g/mol. The maximum absolute atomic E-state index is 13.1. The molecular formula is C29H24BrN3O3. The molecule has 7 heteroatoms. The lowest BCUT2D eigenvalue weighted by atomic mass is 9.89. The first-order valence-electron chi connectivity index (χ1n) is 11.7. The maximum atomic E-state index is 13.1. The third kappa shape index (κ3) is 4.66. The van der Waals surface area contributed by atoms with E-state index in [1.165, 1.54) is 5.01 Å². The van der Waals surface area contributed by atoms with Crippen LogP contribution in [-0.2, 0) is 9.59 Å². The molecule has 3 aromatic carbocycles. The molecule has 1 unspecified atom stereocenters. The lowest BCUT2D eigenvalue weighted by molar-refractivity contribution is -0.141. The molecule has 0 bridgehead atoms. The zero-order valence-electron chi connectivity index (χ0n) is 19.7. The number of aliphatic carboxylic acids is 1. The molecule has 2 heterocycles. The predicted molar refractivity (Wildman–Crippen MR) is 144 cm³/mol. The third-order valence-corrected chi connectivity index (χ3v) is 6.88. The van der Waals surface area contributed by atoms with Crippen molar-refractivity contribution in [2.75, 3.05) is 0 Å². The fraction of sp³-hybridized carbons (Fsp3) is 0.172. The van der Waals surface area contributed by atoms with Crippen molar-refractivity contribution in [1.82, 2.24) is 9.99 Å². The minimum Gasteiger partial charge on any atom is -0.481 e. The summed E-state index contributed by atoms with van der Waals surface area (Å²) in [5, 5.41) is 16.4. The summed E-state index contributed by atoms with van der Waals surface area (Å²) < 4.78 is 0.949. The molecule has 6 nitrogen and oxygen atoms in total. The summed E-state index contributed by atoms with van der Waals surface area (Å²) in [5.74, 6) is -1.31. The van der Waals surface area contributed by atoms with Gasteiger partial charge in [-0.3, -0.25) is 14.6 Å². The number of carbonyl (C=O) groups is 2. The van der Waals surface area contributed by atoms with Gasteiger partial charge >= 0.3 is 5.97 Å². The molecule has 1 N–H and O–H groups in total. The van der Waals surface area contributed by atoms with Crippen LogP contribution >= 0.6 is 15.9 Å². The summed E-state index contributed by atoms with van der Waals surface area (Å²) >= 11 is 3.60. The molecule has 180 valence electrons. The summed E-state index contributed by atoms with van der Waals surface area (Å²) in [4.78, 5) is 29.2. The quantitative estimate of drug-likeness (QED) is 0.301. The van der Waals surface area contributed by atoms with Crippen LogP contribution in [-0.4, -0.2) is 32.7 Å². The highest BCUT2D eigenvalue weighted by molar-refractivity contribution is 9.10. The van der Waals surface area contributed by atoms with Gasteiger partial charge in [-0.2, -0.15) is 5.10 Å². The first kappa shape index (κ1) is 23.9. The van der Waals surface area contributed by atoms with Gasteiger partial charge in [-0.15, -0.1) is 0 Å². The number of carboxylic acid groups (broad SMARTS) is 1. The molecule has 1 aromatic heterocycles. The number of hydrogen-bond acceptors (Lipinski definition) is 4. The van der Waals surface area contributed by atoms with E-state index in [1.54, 1.807) is 0 Å². The molecule has 0 fully saturated rings. The van der Waals surface area contributed by atoms with Crippen molar-refractivity contribution in [3.63, 3.8) is 0 Å². The SMILES string of the molecule is Cc1nc2ccc(Br)cc2c(-c2ccccc2)c1C1=NN(C(=O)CCC(=O)O)C(c2ccccc2)C1. The molecule has 1 amide bonds. The van der Waals surface area contributed by atoms with E-state index in [0.717, 1.165) is 49.0 Å². The summed E-state index contributed by atoms with van der Waals surface area (Å²) in [6.45, 7) is 1.97. The van der Waals surface area contributed by atoms with Crippen LogP contribution in [0.4, 0.5) is 0 Å². The second kappa shape index (κ2) is 10.0. The van der Waals surface area contributed by atoms with Crippen molar-refractivity contribution in [3.05, 3.63) is 100 Å². The average Bonchev–Trinajstić information content (AvgIpc) is 3.33. The normalized spacial score (nSPS) is 15.2. The van der Waals surface area contributed by atoms with Gasteiger partial charge in [-0.25, -0.2) is 5.01 Å². The lowest BCUT2D eigenvalue weighted by Crippen LogP contribution is -2.27. The van der Waals surface area contributed by atoms with Crippen LogP contribution in [0.15, 0.2) is 88.4 Å². The van der Waals surface area contributed by atoms with E-state index in [4.69, 9.17) is 15.2 Å². The van der Waals surface area contributed by atoms with Crippen LogP contribution in [0.2, 0.25) is 0 Å². The maximum Gasteiger partial charge on any atom is 0.303 e. The van der Waals surface area contributed by atoms with Crippen LogP contribution in [0.25, 0.3) is 22.0 Å². The minimum atomic E-state index is -1.01. The van der Waals surface area contributed by atoms with Crippen molar-refractivity contribution in [3.8, 4) is 11.1 Å². The molecule has 5 rings (SSSR count). The Morgan fingerprint density at radius 3 is 2.36 bits per heavy atom. The van der Waals surface area contributed by atoms with Gasteiger partial charge in [-0.05, 0) is 36.2 Å². The number of amides is 1. The summed E-state index contributed by atoms with van der Waals surface area (Å²) in [6.07, 6.45) is 0.162. The topological polar surface area (TPSA) is 82.9 Å². The van der Waals surface area contributed by atoms with E-state index in [-0.39, 0.29) is 24.8 Å². The lowest BCUT2D eigenvalue weighted by Gasteiger charge is -2.21. The van der Waals surface area contributed by atoms with E-state index in [0.29, 0.717) is 6.42 Å². The predicted octanol–water partition coefficient (Wildman–Crippen LogP) is 6.52. The molecule has 0 saturated carbocycles. The fourth-order valence-electron chi connectivity index (χ4n) is 4.77. The van der Waals surface area contributed by atoms with Gasteiger partial charge in [0, 0.05) is 39.5 Å². The van der Waals surface area contributed by atoms with E-state index in [2.05, 4.69) is 34.1 Å². The summed E-state index contributed by atoms with van der Waals surface area (Å²) in [6, 6.07) is 25.6. The Balaban J connectivity index is 1.69. The number of halogens is 1. The number of rotatable bonds is 6. The van der Waals surface area contributed by atoms with E-state index in [9.17, 15) is 9.59 Å². The fourth-order valence-corrected chi connectivity index (χ4v) is 5.13. The zero-order chi connectivity index (χ0) is 25.2. The highest BCUT2D eigenvalue weighted by atomic mass is 79.9. The van der Waals surface area contributed by atoms with Gasteiger partial charge in [0.2, 0.25) is 5.91 Å². The number of benzene rings is 3. The van der Waals surface area contributed by atoms with Gasteiger partial charge in [0.25, 0.3) is 0 Å². The Bertz CT molecular complexity index is 1490. The molecule has 36 heavy (non-hydrogen) atoms. The number of carboxylic acids is 1. The first-order chi connectivity index (χ1) is 17.4.